The van der Waals surface area contributed by atoms with Gasteiger partial charge in [0.05, 0.1) is 12.7 Å². The van der Waals surface area contributed by atoms with Gasteiger partial charge in [-0.2, -0.15) is 13.2 Å². The molecule has 2 aliphatic heterocycles. The molecule has 1 N–H and O–H groups in total. The van der Waals surface area contributed by atoms with Gasteiger partial charge in [0.1, 0.15) is 12.4 Å². The monoisotopic (exact) mass is 476 g/mol. The summed E-state index contributed by atoms with van der Waals surface area (Å²) in [5, 5.41) is 7.12. The van der Waals surface area contributed by atoms with Crippen molar-refractivity contribution in [3.8, 4) is 5.75 Å². The molecule has 0 aromatic heterocycles. The lowest BCUT2D eigenvalue weighted by atomic mass is 9.79. The molecule has 11 heteroatoms. The average Bonchev–Trinajstić information content (AvgIpc) is 3.14. The van der Waals surface area contributed by atoms with Crippen LogP contribution in [-0.4, -0.2) is 92.7 Å². The first kappa shape index (κ1) is 26.9. The second-order valence-corrected chi connectivity index (χ2v) is 8.32. The molecule has 8 nitrogen and oxygen atoms in total. The zero-order chi connectivity index (χ0) is 24.6. The lowest BCUT2D eigenvalue weighted by molar-refractivity contribution is -0.192. The third kappa shape index (κ3) is 7.86. The lowest BCUT2D eigenvalue weighted by Crippen LogP contribution is -2.64. The standard InChI is InChI=1S/C20H30N2O4.C2HF3O2/c1-21(2)19(23)13-25-10-8-17-9-11-26-20(17)14-22(15-20)12-16-4-6-18(24-3)7-5-16;3-2(4,5)1(6)7/h4-7,17H,8-15H2,1-3H3;(H,6,7). The Labute approximate surface area is 191 Å². The van der Waals surface area contributed by atoms with E-state index >= 15 is 0 Å². The zero-order valence-electron chi connectivity index (χ0n) is 19.1. The van der Waals surface area contributed by atoms with E-state index in [1.807, 2.05) is 12.1 Å². The maximum atomic E-state index is 11.6. The SMILES string of the molecule is COc1ccc(CN2CC3(C2)OCCC3CCOCC(=O)N(C)C)cc1.O=C(O)C(F)(F)F. The molecule has 1 atom stereocenters. The number of carbonyl (C=O) groups excluding carboxylic acids is 1. The van der Waals surface area contributed by atoms with Crippen LogP contribution >= 0.6 is 0 Å². The summed E-state index contributed by atoms with van der Waals surface area (Å²) in [5.41, 5.74) is 1.28. The maximum Gasteiger partial charge on any atom is 0.490 e. The summed E-state index contributed by atoms with van der Waals surface area (Å²) in [7, 11) is 5.18. The smallest absolute Gasteiger partial charge is 0.490 e. The fourth-order valence-electron chi connectivity index (χ4n) is 3.87. The van der Waals surface area contributed by atoms with Crippen LogP contribution in [0.4, 0.5) is 13.2 Å². The van der Waals surface area contributed by atoms with Crippen LogP contribution < -0.4 is 4.74 Å². The third-order valence-electron chi connectivity index (χ3n) is 5.73. The molecule has 1 unspecified atom stereocenters. The third-order valence-corrected chi connectivity index (χ3v) is 5.73. The number of hydrogen-bond donors (Lipinski definition) is 1. The molecule has 0 saturated carbocycles. The van der Waals surface area contributed by atoms with E-state index in [0.717, 1.165) is 44.8 Å². The largest absolute Gasteiger partial charge is 0.497 e. The highest BCUT2D eigenvalue weighted by Gasteiger charge is 2.52. The minimum absolute atomic E-state index is 0.0108. The van der Waals surface area contributed by atoms with Gasteiger partial charge in [-0.15, -0.1) is 0 Å². The van der Waals surface area contributed by atoms with Gasteiger partial charge >= 0.3 is 12.1 Å². The summed E-state index contributed by atoms with van der Waals surface area (Å²) in [6.07, 6.45) is -3.04. The predicted molar refractivity (Wildman–Crippen MR) is 113 cm³/mol. The number of alkyl halides is 3. The van der Waals surface area contributed by atoms with Gasteiger partial charge in [0, 0.05) is 46.9 Å². The van der Waals surface area contributed by atoms with Gasteiger partial charge in [-0.3, -0.25) is 9.69 Å². The van der Waals surface area contributed by atoms with Gasteiger partial charge in [0.2, 0.25) is 5.91 Å². The van der Waals surface area contributed by atoms with Crippen molar-refractivity contribution in [1.82, 2.24) is 9.80 Å². The van der Waals surface area contributed by atoms with Gasteiger partial charge in [0.25, 0.3) is 0 Å². The topological polar surface area (TPSA) is 88.5 Å². The number of nitrogens with zero attached hydrogens (tertiary/aromatic N) is 2. The van der Waals surface area contributed by atoms with Gasteiger partial charge in [-0.05, 0) is 36.5 Å². The van der Waals surface area contributed by atoms with Crippen LogP contribution in [-0.2, 0) is 25.6 Å². The second-order valence-electron chi connectivity index (χ2n) is 8.32. The van der Waals surface area contributed by atoms with Crippen LogP contribution in [0, 0.1) is 5.92 Å². The van der Waals surface area contributed by atoms with Crippen LogP contribution in [0.2, 0.25) is 0 Å². The normalized spacial score (nSPS) is 19.4. The Hall–Kier alpha value is -2.37. The number of ether oxygens (including phenoxy) is 3. The van der Waals surface area contributed by atoms with Gasteiger partial charge in [-0.1, -0.05) is 12.1 Å². The molecule has 1 aromatic carbocycles. The molecule has 2 saturated heterocycles. The first-order chi connectivity index (χ1) is 15.5. The van der Waals surface area contributed by atoms with E-state index < -0.39 is 12.1 Å². The Balaban J connectivity index is 0.000000479. The number of likely N-dealkylation sites (N-methyl/N-ethyl adjacent to an activating group) is 1. The summed E-state index contributed by atoms with van der Waals surface area (Å²) in [6.45, 7) is 4.50. The Morgan fingerprint density at radius 2 is 1.85 bits per heavy atom. The Bertz CT molecular complexity index is 779. The summed E-state index contributed by atoms with van der Waals surface area (Å²) in [5.74, 6) is -1.34. The molecule has 3 rings (SSSR count). The van der Waals surface area contributed by atoms with Crippen molar-refractivity contribution in [3.63, 3.8) is 0 Å². The molecule has 2 heterocycles. The first-order valence-corrected chi connectivity index (χ1v) is 10.5. The molecule has 2 aliphatic rings. The van der Waals surface area contributed by atoms with Crippen molar-refractivity contribution in [2.45, 2.75) is 31.2 Å². The number of halogens is 3. The number of amides is 1. The maximum absolute atomic E-state index is 11.6. The minimum atomic E-state index is -5.08. The van der Waals surface area contributed by atoms with Gasteiger partial charge in [0.15, 0.2) is 0 Å². The molecule has 0 radical (unpaired) electrons. The van der Waals surface area contributed by atoms with Crippen LogP contribution in [0.15, 0.2) is 24.3 Å². The van der Waals surface area contributed by atoms with Crippen molar-refractivity contribution >= 4 is 11.9 Å². The Morgan fingerprint density at radius 3 is 2.36 bits per heavy atom. The lowest BCUT2D eigenvalue weighted by Gasteiger charge is -2.50. The minimum Gasteiger partial charge on any atom is -0.497 e. The molecule has 2 fully saturated rings. The number of benzene rings is 1. The van der Waals surface area contributed by atoms with E-state index in [2.05, 4.69) is 17.0 Å². The van der Waals surface area contributed by atoms with E-state index in [9.17, 15) is 18.0 Å². The van der Waals surface area contributed by atoms with Crippen LogP contribution in [0.25, 0.3) is 0 Å². The number of rotatable bonds is 8. The number of likely N-dealkylation sites (tertiary alicyclic amines) is 1. The second kappa shape index (κ2) is 11.7. The highest BCUT2D eigenvalue weighted by molar-refractivity contribution is 5.76. The van der Waals surface area contributed by atoms with Gasteiger partial charge < -0.3 is 24.2 Å². The summed E-state index contributed by atoms with van der Waals surface area (Å²) >= 11 is 0. The number of carbonyl (C=O) groups is 2. The summed E-state index contributed by atoms with van der Waals surface area (Å²) < 4.78 is 48.6. The van der Waals surface area contributed by atoms with Crippen molar-refractivity contribution < 1.29 is 42.1 Å². The molecule has 1 amide bonds. The van der Waals surface area contributed by atoms with Crippen molar-refractivity contribution in [2.75, 3.05) is 54.1 Å². The fourth-order valence-corrected chi connectivity index (χ4v) is 3.87. The highest BCUT2D eigenvalue weighted by Crippen LogP contribution is 2.42. The van der Waals surface area contributed by atoms with E-state index in [4.69, 9.17) is 24.1 Å². The molecule has 186 valence electrons. The number of hydrogen-bond acceptors (Lipinski definition) is 6. The first-order valence-electron chi connectivity index (χ1n) is 10.5. The van der Waals surface area contributed by atoms with Crippen molar-refractivity contribution in [2.24, 2.45) is 5.92 Å². The highest BCUT2D eigenvalue weighted by atomic mass is 19.4. The zero-order valence-corrected chi connectivity index (χ0v) is 19.1. The van der Waals surface area contributed by atoms with Crippen LogP contribution in [0.3, 0.4) is 0 Å². The van der Waals surface area contributed by atoms with E-state index in [1.165, 1.54) is 5.56 Å². The molecule has 0 aliphatic carbocycles. The van der Waals surface area contributed by atoms with E-state index in [0.29, 0.717) is 12.5 Å². The van der Waals surface area contributed by atoms with Crippen molar-refractivity contribution in [1.29, 1.82) is 0 Å². The molecule has 33 heavy (non-hydrogen) atoms. The summed E-state index contributed by atoms with van der Waals surface area (Å²) in [6, 6.07) is 8.25. The van der Waals surface area contributed by atoms with E-state index in [1.54, 1.807) is 26.1 Å². The van der Waals surface area contributed by atoms with Crippen LogP contribution in [0.1, 0.15) is 18.4 Å². The van der Waals surface area contributed by atoms with E-state index in [-0.39, 0.29) is 18.1 Å². The molecular formula is C22H31F3N2O6. The number of carboxylic acids is 1. The molecule has 1 spiro atoms. The Morgan fingerprint density at radius 1 is 1.24 bits per heavy atom. The number of methoxy groups -OCH3 is 1. The Kier molecular flexibility index (Phi) is 9.50. The number of carboxylic acid groups (broad SMARTS) is 1. The number of aliphatic carboxylic acids is 1. The quantitative estimate of drug-likeness (QED) is 0.577. The molecule has 0 bridgehead atoms. The van der Waals surface area contributed by atoms with Crippen LogP contribution in [0.5, 0.6) is 5.75 Å². The molecular weight excluding hydrogens is 445 g/mol. The fraction of sp³-hybridized carbons (Fsp3) is 0.636. The van der Waals surface area contributed by atoms with Crippen molar-refractivity contribution in [3.05, 3.63) is 29.8 Å². The predicted octanol–water partition coefficient (Wildman–Crippen LogP) is 2.41. The molecule has 1 aromatic rings. The van der Waals surface area contributed by atoms with Gasteiger partial charge in [-0.25, -0.2) is 4.79 Å². The summed E-state index contributed by atoms with van der Waals surface area (Å²) in [4.78, 5) is 24.4. The average molecular weight is 476 g/mol.